The van der Waals surface area contributed by atoms with Crippen LogP contribution >= 0.6 is 11.6 Å². The summed E-state index contributed by atoms with van der Waals surface area (Å²) in [4.78, 5) is 23.0. The fourth-order valence-corrected chi connectivity index (χ4v) is 2.03. The van der Waals surface area contributed by atoms with Crippen molar-refractivity contribution in [3.63, 3.8) is 0 Å². The molecule has 7 heteroatoms. The van der Waals surface area contributed by atoms with Gasteiger partial charge in [0.2, 0.25) is 13.2 Å². The van der Waals surface area contributed by atoms with Crippen LogP contribution in [0.15, 0.2) is 12.1 Å². The standard InChI is InChI=1S/C11H10ClNO5/c1-13(4-14)9(11(15)16)6-2-7(12)10-8(3-6)17-5-18-10/h2-4,9H,5H2,1H3,(H,15,16). The van der Waals surface area contributed by atoms with Crippen molar-refractivity contribution in [2.24, 2.45) is 0 Å². The lowest BCUT2D eigenvalue weighted by Crippen LogP contribution is -2.29. The molecule has 0 aromatic heterocycles. The third kappa shape index (κ3) is 2.06. The molecule has 1 atom stereocenters. The Morgan fingerprint density at radius 2 is 2.28 bits per heavy atom. The molecule has 0 saturated heterocycles. The number of amides is 1. The quantitative estimate of drug-likeness (QED) is 0.835. The van der Waals surface area contributed by atoms with Crippen LogP contribution in [-0.2, 0) is 9.59 Å². The number of carboxylic acids is 1. The second-order valence-electron chi connectivity index (χ2n) is 3.75. The number of ether oxygens (including phenoxy) is 2. The molecule has 0 saturated carbocycles. The molecule has 0 spiro atoms. The first-order chi connectivity index (χ1) is 8.54. The van der Waals surface area contributed by atoms with Gasteiger partial charge in [-0.15, -0.1) is 0 Å². The third-order valence-corrected chi connectivity index (χ3v) is 2.85. The van der Waals surface area contributed by atoms with Crippen LogP contribution in [0.25, 0.3) is 0 Å². The van der Waals surface area contributed by atoms with Crippen molar-refractivity contribution in [3.8, 4) is 11.5 Å². The molecule has 1 aromatic rings. The number of rotatable bonds is 4. The highest BCUT2D eigenvalue weighted by Crippen LogP contribution is 2.41. The number of hydrogen-bond donors (Lipinski definition) is 1. The highest BCUT2D eigenvalue weighted by atomic mass is 35.5. The summed E-state index contributed by atoms with van der Waals surface area (Å²) in [6, 6.07) is 1.84. The van der Waals surface area contributed by atoms with Gasteiger partial charge in [0.05, 0.1) is 5.02 Å². The van der Waals surface area contributed by atoms with E-state index in [1.165, 1.54) is 19.2 Å². The Bertz CT molecular complexity index is 504. The van der Waals surface area contributed by atoms with Gasteiger partial charge in [0.15, 0.2) is 17.5 Å². The van der Waals surface area contributed by atoms with Crippen molar-refractivity contribution in [1.29, 1.82) is 0 Å². The molecule has 2 rings (SSSR count). The van der Waals surface area contributed by atoms with Crippen LogP contribution in [0, 0.1) is 0 Å². The number of carbonyl (C=O) groups excluding carboxylic acids is 1. The maximum atomic E-state index is 11.2. The second kappa shape index (κ2) is 4.73. The Balaban J connectivity index is 2.46. The molecule has 6 nitrogen and oxygen atoms in total. The number of likely N-dealkylation sites (N-methyl/N-ethyl adjacent to an activating group) is 1. The van der Waals surface area contributed by atoms with Crippen LogP contribution in [-0.4, -0.2) is 36.2 Å². The number of fused-ring (bicyclic) bond motifs is 1. The maximum Gasteiger partial charge on any atom is 0.331 e. The number of aliphatic carboxylic acids is 1. The van der Waals surface area contributed by atoms with E-state index in [0.29, 0.717) is 23.5 Å². The van der Waals surface area contributed by atoms with Gasteiger partial charge in [-0.1, -0.05) is 11.6 Å². The summed E-state index contributed by atoms with van der Waals surface area (Å²) in [6.45, 7) is 0.0414. The van der Waals surface area contributed by atoms with E-state index in [1.807, 2.05) is 0 Å². The molecule has 0 fully saturated rings. The number of nitrogens with zero attached hydrogens (tertiary/aromatic N) is 1. The molecule has 0 aliphatic carbocycles. The van der Waals surface area contributed by atoms with Crippen LogP contribution in [0.5, 0.6) is 11.5 Å². The summed E-state index contributed by atoms with van der Waals surface area (Å²) in [5.74, 6) is -0.388. The molecule has 1 aromatic carbocycles. The topological polar surface area (TPSA) is 76.1 Å². The summed E-state index contributed by atoms with van der Waals surface area (Å²) >= 11 is 5.97. The lowest BCUT2D eigenvalue weighted by atomic mass is 10.1. The zero-order valence-electron chi connectivity index (χ0n) is 9.42. The first kappa shape index (κ1) is 12.5. The summed E-state index contributed by atoms with van der Waals surface area (Å²) in [7, 11) is 1.38. The van der Waals surface area contributed by atoms with E-state index in [-0.39, 0.29) is 11.8 Å². The lowest BCUT2D eigenvalue weighted by Gasteiger charge is -2.21. The van der Waals surface area contributed by atoms with Crippen molar-refractivity contribution >= 4 is 24.0 Å². The van der Waals surface area contributed by atoms with E-state index in [0.717, 1.165) is 4.90 Å². The Morgan fingerprint density at radius 1 is 1.56 bits per heavy atom. The molecule has 1 heterocycles. The average molecular weight is 272 g/mol. The van der Waals surface area contributed by atoms with E-state index in [9.17, 15) is 9.59 Å². The summed E-state index contributed by atoms with van der Waals surface area (Å²) < 4.78 is 10.3. The number of carboxylic acid groups (broad SMARTS) is 1. The monoisotopic (exact) mass is 271 g/mol. The highest BCUT2D eigenvalue weighted by molar-refractivity contribution is 6.32. The predicted molar refractivity (Wildman–Crippen MR) is 61.8 cm³/mol. The molecular weight excluding hydrogens is 262 g/mol. The summed E-state index contributed by atoms with van der Waals surface area (Å²) in [5.41, 5.74) is 0.353. The molecule has 1 unspecified atom stereocenters. The first-order valence-corrected chi connectivity index (χ1v) is 5.41. The largest absolute Gasteiger partial charge is 0.479 e. The van der Waals surface area contributed by atoms with E-state index in [1.54, 1.807) is 0 Å². The minimum Gasteiger partial charge on any atom is -0.479 e. The predicted octanol–water partition coefficient (Wildman–Crippen LogP) is 1.28. The molecule has 0 bridgehead atoms. The Morgan fingerprint density at radius 3 is 2.89 bits per heavy atom. The number of hydrogen-bond acceptors (Lipinski definition) is 4. The van der Waals surface area contributed by atoms with Gasteiger partial charge in [0.1, 0.15) is 0 Å². The third-order valence-electron chi connectivity index (χ3n) is 2.57. The van der Waals surface area contributed by atoms with Gasteiger partial charge in [-0.2, -0.15) is 0 Å². The molecule has 1 N–H and O–H groups in total. The van der Waals surface area contributed by atoms with Crippen molar-refractivity contribution in [2.75, 3.05) is 13.8 Å². The smallest absolute Gasteiger partial charge is 0.331 e. The highest BCUT2D eigenvalue weighted by Gasteiger charge is 2.28. The lowest BCUT2D eigenvalue weighted by molar-refractivity contribution is -0.145. The fourth-order valence-electron chi connectivity index (χ4n) is 1.76. The summed E-state index contributed by atoms with van der Waals surface area (Å²) in [5, 5.41) is 9.41. The zero-order valence-corrected chi connectivity index (χ0v) is 10.2. The van der Waals surface area contributed by atoms with Gasteiger partial charge in [-0.3, -0.25) is 4.79 Å². The van der Waals surface area contributed by atoms with Crippen molar-refractivity contribution in [3.05, 3.63) is 22.7 Å². The van der Waals surface area contributed by atoms with Crippen LogP contribution in [0.4, 0.5) is 0 Å². The van der Waals surface area contributed by atoms with Crippen LogP contribution in [0.2, 0.25) is 5.02 Å². The Labute approximate surface area is 108 Å². The van der Waals surface area contributed by atoms with Gasteiger partial charge in [-0.25, -0.2) is 4.79 Å². The van der Waals surface area contributed by atoms with Gasteiger partial charge < -0.3 is 19.5 Å². The maximum absolute atomic E-state index is 11.2. The first-order valence-electron chi connectivity index (χ1n) is 5.03. The van der Waals surface area contributed by atoms with Crippen molar-refractivity contribution in [1.82, 2.24) is 4.90 Å². The minimum absolute atomic E-state index is 0.0414. The van der Waals surface area contributed by atoms with Gasteiger partial charge in [0, 0.05) is 7.05 Å². The molecule has 1 amide bonds. The number of halogens is 1. The summed E-state index contributed by atoms with van der Waals surface area (Å²) in [6.07, 6.45) is 0.442. The van der Waals surface area contributed by atoms with Crippen LogP contribution in [0.3, 0.4) is 0 Å². The van der Waals surface area contributed by atoms with E-state index in [2.05, 4.69) is 0 Å². The average Bonchev–Trinajstić information content (AvgIpc) is 2.77. The van der Waals surface area contributed by atoms with E-state index < -0.39 is 12.0 Å². The Hall–Kier alpha value is -1.95. The fraction of sp³-hybridized carbons (Fsp3) is 0.273. The van der Waals surface area contributed by atoms with E-state index >= 15 is 0 Å². The van der Waals surface area contributed by atoms with Gasteiger partial charge in [-0.05, 0) is 17.7 Å². The normalized spacial score (nSPS) is 14.1. The SMILES string of the molecule is CN(C=O)C(C(=O)O)c1cc(Cl)c2c(c1)OCO2. The van der Waals surface area contributed by atoms with Gasteiger partial charge in [0.25, 0.3) is 0 Å². The van der Waals surface area contributed by atoms with E-state index in [4.69, 9.17) is 26.2 Å². The number of benzene rings is 1. The second-order valence-corrected chi connectivity index (χ2v) is 4.16. The molecule has 1 aliphatic rings. The Kier molecular flexibility index (Phi) is 3.29. The molecule has 0 radical (unpaired) electrons. The molecule has 96 valence electrons. The van der Waals surface area contributed by atoms with Gasteiger partial charge >= 0.3 is 5.97 Å². The van der Waals surface area contributed by atoms with Crippen LogP contribution < -0.4 is 9.47 Å². The number of carbonyl (C=O) groups is 2. The molecule has 18 heavy (non-hydrogen) atoms. The van der Waals surface area contributed by atoms with Crippen molar-refractivity contribution in [2.45, 2.75) is 6.04 Å². The molecular formula is C11H10ClNO5. The molecule has 1 aliphatic heterocycles. The minimum atomic E-state index is -1.15. The van der Waals surface area contributed by atoms with Crippen LogP contribution in [0.1, 0.15) is 11.6 Å². The van der Waals surface area contributed by atoms with Crippen molar-refractivity contribution < 1.29 is 24.2 Å². The zero-order chi connectivity index (χ0) is 13.3.